The lowest BCUT2D eigenvalue weighted by Crippen LogP contribution is -2.47. The average molecular weight is 367 g/mol. The molecule has 0 saturated carbocycles. The van der Waals surface area contributed by atoms with Crippen LogP contribution in [0.1, 0.15) is 24.3 Å². The van der Waals surface area contributed by atoms with Crippen LogP contribution in [-0.4, -0.2) is 38.1 Å². The van der Waals surface area contributed by atoms with Crippen molar-refractivity contribution in [3.63, 3.8) is 0 Å². The van der Waals surface area contributed by atoms with Crippen LogP contribution in [0.4, 0.5) is 10.1 Å². The summed E-state index contributed by atoms with van der Waals surface area (Å²) < 4.78 is 13.1. The van der Waals surface area contributed by atoms with Gasteiger partial charge in [0.25, 0.3) is 0 Å². The second-order valence-corrected chi connectivity index (χ2v) is 7.53. The molecule has 4 nitrogen and oxygen atoms in total. The molecule has 0 aromatic heterocycles. The molecule has 2 atom stereocenters. The fourth-order valence-electron chi connectivity index (χ4n) is 4.25. The Labute approximate surface area is 159 Å². The van der Waals surface area contributed by atoms with Crippen molar-refractivity contribution in [2.24, 2.45) is 5.92 Å². The maximum Gasteiger partial charge on any atom is 0.225 e. The van der Waals surface area contributed by atoms with Gasteiger partial charge in [0.15, 0.2) is 0 Å². The number of piperidine rings is 1. The van der Waals surface area contributed by atoms with Crippen LogP contribution in [0.5, 0.6) is 0 Å². The molecule has 2 N–H and O–H groups in total. The van der Waals surface area contributed by atoms with Gasteiger partial charge in [-0.3, -0.25) is 4.79 Å². The Morgan fingerprint density at radius 3 is 2.41 bits per heavy atom. The molecule has 4 rings (SSSR count). The van der Waals surface area contributed by atoms with Crippen molar-refractivity contribution in [3.8, 4) is 0 Å². The number of halogens is 1. The topological polar surface area (TPSA) is 44.4 Å². The van der Waals surface area contributed by atoms with E-state index in [1.54, 1.807) is 0 Å². The predicted octanol–water partition coefficient (Wildman–Crippen LogP) is 2.91. The normalized spacial score (nSPS) is 23.4. The van der Waals surface area contributed by atoms with Crippen molar-refractivity contribution in [2.45, 2.75) is 24.8 Å². The number of anilines is 1. The number of hydrogen-bond acceptors (Lipinski definition) is 3. The molecular weight excluding hydrogens is 341 g/mol. The number of nitrogens with one attached hydrogen (secondary N) is 2. The van der Waals surface area contributed by atoms with Crippen LogP contribution in [0.25, 0.3) is 0 Å². The van der Waals surface area contributed by atoms with Gasteiger partial charge >= 0.3 is 0 Å². The molecule has 142 valence electrons. The van der Waals surface area contributed by atoms with Crippen molar-refractivity contribution >= 4 is 11.6 Å². The number of carbonyl (C=O) groups excluding carboxylic acids is 1. The Morgan fingerprint density at radius 2 is 1.70 bits per heavy atom. The van der Waals surface area contributed by atoms with Crippen LogP contribution >= 0.6 is 0 Å². The highest BCUT2D eigenvalue weighted by Gasteiger charge is 2.35. The van der Waals surface area contributed by atoms with Gasteiger partial charge in [-0.15, -0.1) is 0 Å². The van der Waals surface area contributed by atoms with E-state index in [1.165, 1.54) is 17.7 Å². The number of carbonyl (C=O) groups is 1. The molecule has 0 bridgehead atoms. The lowest BCUT2D eigenvalue weighted by molar-refractivity contribution is -0.125. The van der Waals surface area contributed by atoms with E-state index in [0.29, 0.717) is 0 Å². The SMILES string of the molecule is O=C(NC1CCN(c2ccc(F)cc2)CC1)C1CNC[C@H]1c1ccccc1. The smallest absolute Gasteiger partial charge is 0.225 e. The third kappa shape index (κ3) is 4.14. The fourth-order valence-corrected chi connectivity index (χ4v) is 4.25. The molecule has 2 aromatic carbocycles. The average Bonchev–Trinajstić information content (AvgIpc) is 3.20. The van der Waals surface area contributed by atoms with E-state index >= 15 is 0 Å². The summed E-state index contributed by atoms with van der Waals surface area (Å²) in [7, 11) is 0. The quantitative estimate of drug-likeness (QED) is 0.873. The zero-order chi connectivity index (χ0) is 18.6. The van der Waals surface area contributed by atoms with E-state index in [9.17, 15) is 9.18 Å². The molecule has 2 saturated heterocycles. The summed E-state index contributed by atoms with van der Waals surface area (Å²) in [5.41, 5.74) is 2.28. The Bertz CT molecular complexity index is 757. The van der Waals surface area contributed by atoms with Crippen LogP contribution in [0.15, 0.2) is 54.6 Å². The molecular formula is C22H26FN3O. The molecule has 0 aliphatic carbocycles. The first kappa shape index (κ1) is 18.0. The first-order valence-corrected chi connectivity index (χ1v) is 9.77. The summed E-state index contributed by atoms with van der Waals surface area (Å²) in [4.78, 5) is 15.1. The molecule has 0 spiro atoms. The van der Waals surface area contributed by atoms with E-state index in [2.05, 4.69) is 27.7 Å². The number of rotatable bonds is 4. The second-order valence-electron chi connectivity index (χ2n) is 7.53. The van der Waals surface area contributed by atoms with Gasteiger partial charge in [-0.25, -0.2) is 4.39 Å². The summed E-state index contributed by atoms with van der Waals surface area (Å²) in [6, 6.07) is 17.2. The van der Waals surface area contributed by atoms with Crippen molar-refractivity contribution in [1.29, 1.82) is 0 Å². The van der Waals surface area contributed by atoms with Crippen molar-refractivity contribution in [3.05, 3.63) is 66.0 Å². The molecule has 2 fully saturated rings. The lowest BCUT2D eigenvalue weighted by Gasteiger charge is -2.34. The van der Waals surface area contributed by atoms with E-state index in [4.69, 9.17) is 0 Å². The third-order valence-electron chi connectivity index (χ3n) is 5.81. The maximum absolute atomic E-state index is 13.1. The first-order chi connectivity index (χ1) is 13.2. The van der Waals surface area contributed by atoms with Crippen LogP contribution in [-0.2, 0) is 4.79 Å². The Balaban J connectivity index is 1.32. The molecule has 27 heavy (non-hydrogen) atoms. The van der Waals surface area contributed by atoms with Gasteiger partial charge in [-0.05, 0) is 42.7 Å². The summed E-state index contributed by atoms with van der Waals surface area (Å²) in [6.45, 7) is 3.34. The molecule has 0 radical (unpaired) electrons. The lowest BCUT2D eigenvalue weighted by atomic mass is 9.88. The molecule has 5 heteroatoms. The van der Waals surface area contributed by atoms with Crippen LogP contribution in [0.3, 0.4) is 0 Å². The minimum absolute atomic E-state index is 0.0115. The number of hydrogen-bond donors (Lipinski definition) is 2. The molecule has 2 aliphatic rings. The van der Waals surface area contributed by atoms with Crippen molar-refractivity contribution in [1.82, 2.24) is 10.6 Å². The van der Waals surface area contributed by atoms with Gasteiger partial charge in [0.05, 0.1) is 5.92 Å². The predicted molar refractivity (Wildman–Crippen MR) is 105 cm³/mol. The number of amides is 1. The molecule has 1 unspecified atom stereocenters. The van der Waals surface area contributed by atoms with Gasteiger partial charge < -0.3 is 15.5 Å². The highest BCUT2D eigenvalue weighted by atomic mass is 19.1. The minimum Gasteiger partial charge on any atom is -0.371 e. The van der Waals surface area contributed by atoms with E-state index in [1.807, 2.05) is 30.3 Å². The molecule has 2 heterocycles. The standard InChI is InChI=1S/C22H26FN3O/c23-17-6-8-19(9-7-17)26-12-10-18(11-13-26)25-22(27)21-15-24-14-20(21)16-4-2-1-3-5-16/h1-9,18,20-21,24H,10-15H2,(H,25,27)/t20-,21?/m0/s1. The second kappa shape index (κ2) is 8.09. The molecule has 1 amide bonds. The molecule has 2 aliphatic heterocycles. The Kier molecular flexibility index (Phi) is 5.39. The summed E-state index contributed by atoms with van der Waals surface area (Å²) >= 11 is 0. The summed E-state index contributed by atoms with van der Waals surface area (Å²) in [6.07, 6.45) is 1.83. The van der Waals surface area contributed by atoms with E-state index in [0.717, 1.165) is 44.7 Å². The monoisotopic (exact) mass is 367 g/mol. The highest BCUT2D eigenvalue weighted by Crippen LogP contribution is 2.28. The van der Waals surface area contributed by atoms with Crippen LogP contribution in [0, 0.1) is 11.7 Å². The number of nitrogens with zero attached hydrogens (tertiary/aromatic N) is 1. The van der Waals surface area contributed by atoms with Gasteiger partial charge in [0, 0.05) is 43.8 Å². The first-order valence-electron chi connectivity index (χ1n) is 9.77. The van der Waals surface area contributed by atoms with Gasteiger partial charge in [-0.2, -0.15) is 0 Å². The zero-order valence-electron chi connectivity index (χ0n) is 15.4. The van der Waals surface area contributed by atoms with Crippen LogP contribution in [0.2, 0.25) is 0 Å². The van der Waals surface area contributed by atoms with Gasteiger partial charge in [-0.1, -0.05) is 30.3 Å². The Hall–Kier alpha value is -2.40. The van der Waals surface area contributed by atoms with Crippen molar-refractivity contribution < 1.29 is 9.18 Å². The van der Waals surface area contributed by atoms with E-state index in [-0.39, 0.29) is 29.6 Å². The summed E-state index contributed by atoms with van der Waals surface area (Å²) in [5, 5.41) is 6.65. The van der Waals surface area contributed by atoms with Gasteiger partial charge in [0.1, 0.15) is 5.82 Å². The summed E-state index contributed by atoms with van der Waals surface area (Å²) in [5.74, 6) is 0.182. The van der Waals surface area contributed by atoms with Crippen molar-refractivity contribution in [2.75, 3.05) is 31.1 Å². The third-order valence-corrected chi connectivity index (χ3v) is 5.81. The zero-order valence-corrected chi connectivity index (χ0v) is 15.4. The minimum atomic E-state index is -0.209. The van der Waals surface area contributed by atoms with E-state index < -0.39 is 0 Å². The van der Waals surface area contributed by atoms with Gasteiger partial charge in [0.2, 0.25) is 5.91 Å². The number of benzene rings is 2. The maximum atomic E-state index is 13.1. The highest BCUT2D eigenvalue weighted by molar-refractivity contribution is 5.80. The van der Waals surface area contributed by atoms with Crippen LogP contribution < -0.4 is 15.5 Å². The fraction of sp³-hybridized carbons (Fsp3) is 0.409. The Morgan fingerprint density at radius 1 is 1.00 bits per heavy atom. The largest absolute Gasteiger partial charge is 0.371 e. The molecule has 2 aromatic rings.